The Bertz CT molecular complexity index is 476. The van der Waals surface area contributed by atoms with E-state index in [0.717, 1.165) is 12.8 Å². The fraction of sp³-hybridized carbons (Fsp3) is 0.467. The molecule has 1 aromatic carbocycles. The third kappa shape index (κ3) is 4.85. The highest BCUT2D eigenvalue weighted by Crippen LogP contribution is 2.14. The Hall–Kier alpha value is -1.55. The van der Waals surface area contributed by atoms with E-state index in [-0.39, 0.29) is 12.5 Å². The highest BCUT2D eigenvalue weighted by molar-refractivity contribution is 6.30. The first-order chi connectivity index (χ1) is 9.45. The summed E-state index contributed by atoms with van der Waals surface area (Å²) in [7, 11) is 0. The minimum absolute atomic E-state index is 0.172. The molecular formula is C15H20ClNO3. The van der Waals surface area contributed by atoms with Gasteiger partial charge in [0.15, 0.2) is 0 Å². The number of benzene rings is 1. The van der Waals surface area contributed by atoms with Gasteiger partial charge < -0.3 is 10.0 Å². The fourth-order valence-electron chi connectivity index (χ4n) is 1.84. The summed E-state index contributed by atoms with van der Waals surface area (Å²) in [6.45, 7) is 4.40. The van der Waals surface area contributed by atoms with Gasteiger partial charge in [-0.3, -0.25) is 9.59 Å². The summed E-state index contributed by atoms with van der Waals surface area (Å²) in [6, 6.07) is 6.72. The predicted molar refractivity (Wildman–Crippen MR) is 79.1 cm³/mol. The number of carbonyl (C=O) groups excluding carboxylic acids is 1. The number of rotatable bonds is 7. The first-order valence-electron chi connectivity index (χ1n) is 6.73. The summed E-state index contributed by atoms with van der Waals surface area (Å²) < 4.78 is 0. The van der Waals surface area contributed by atoms with Crippen molar-refractivity contribution in [2.45, 2.75) is 26.7 Å². The van der Waals surface area contributed by atoms with Crippen LogP contribution in [0.2, 0.25) is 5.02 Å². The second-order valence-corrected chi connectivity index (χ2v) is 5.29. The molecule has 1 unspecified atom stereocenters. The van der Waals surface area contributed by atoms with Crippen LogP contribution >= 0.6 is 11.6 Å². The van der Waals surface area contributed by atoms with Crippen molar-refractivity contribution in [3.63, 3.8) is 0 Å². The van der Waals surface area contributed by atoms with Crippen molar-refractivity contribution in [1.29, 1.82) is 0 Å². The summed E-state index contributed by atoms with van der Waals surface area (Å²) in [4.78, 5) is 25.0. The third-order valence-electron chi connectivity index (χ3n) is 3.06. The van der Waals surface area contributed by atoms with Crippen LogP contribution in [0.4, 0.5) is 0 Å². The van der Waals surface area contributed by atoms with Crippen LogP contribution < -0.4 is 0 Å². The van der Waals surface area contributed by atoms with Gasteiger partial charge in [-0.25, -0.2) is 0 Å². The Morgan fingerprint density at radius 1 is 1.40 bits per heavy atom. The molecule has 0 spiro atoms. The lowest BCUT2D eigenvalue weighted by molar-refractivity contribution is -0.141. The van der Waals surface area contributed by atoms with Gasteiger partial charge in [-0.1, -0.05) is 37.9 Å². The van der Waals surface area contributed by atoms with Gasteiger partial charge in [-0.2, -0.15) is 0 Å². The Morgan fingerprint density at radius 2 is 2.10 bits per heavy atom. The molecule has 0 bridgehead atoms. The summed E-state index contributed by atoms with van der Waals surface area (Å²) in [5, 5.41) is 9.49. The molecule has 0 aliphatic rings. The Labute approximate surface area is 124 Å². The summed E-state index contributed by atoms with van der Waals surface area (Å²) in [5.41, 5.74) is 0.492. The van der Waals surface area contributed by atoms with E-state index in [9.17, 15) is 9.59 Å². The molecule has 0 saturated carbocycles. The van der Waals surface area contributed by atoms with Crippen LogP contribution in [0.25, 0.3) is 0 Å². The summed E-state index contributed by atoms with van der Waals surface area (Å²) in [6.07, 6.45) is 1.79. The normalized spacial score (nSPS) is 11.9. The molecule has 110 valence electrons. The van der Waals surface area contributed by atoms with Crippen LogP contribution in [0, 0.1) is 5.92 Å². The van der Waals surface area contributed by atoms with Crippen molar-refractivity contribution in [3.8, 4) is 0 Å². The highest BCUT2D eigenvalue weighted by atomic mass is 35.5. The van der Waals surface area contributed by atoms with Gasteiger partial charge >= 0.3 is 5.97 Å². The van der Waals surface area contributed by atoms with Gasteiger partial charge in [0.1, 0.15) is 0 Å². The van der Waals surface area contributed by atoms with Crippen molar-refractivity contribution in [2.75, 3.05) is 13.1 Å². The zero-order valence-electron chi connectivity index (χ0n) is 11.8. The minimum Gasteiger partial charge on any atom is -0.481 e. The van der Waals surface area contributed by atoms with Gasteiger partial charge in [0.05, 0.1) is 5.92 Å². The maximum absolute atomic E-state index is 12.4. The van der Waals surface area contributed by atoms with Crippen LogP contribution in [0.5, 0.6) is 0 Å². The molecule has 1 amide bonds. The molecule has 5 heteroatoms. The molecular weight excluding hydrogens is 278 g/mol. The van der Waals surface area contributed by atoms with Crippen LogP contribution in [-0.2, 0) is 4.79 Å². The second kappa shape index (κ2) is 7.90. The second-order valence-electron chi connectivity index (χ2n) is 4.85. The molecule has 1 aromatic rings. The number of carbonyl (C=O) groups is 2. The number of unbranched alkanes of at least 4 members (excludes halogenated alkanes) is 1. The number of hydrogen-bond acceptors (Lipinski definition) is 2. The fourth-order valence-corrected chi connectivity index (χ4v) is 2.03. The van der Waals surface area contributed by atoms with Gasteiger partial charge in [0.2, 0.25) is 0 Å². The number of nitrogens with zero attached hydrogens (tertiary/aromatic N) is 1. The van der Waals surface area contributed by atoms with E-state index < -0.39 is 11.9 Å². The monoisotopic (exact) mass is 297 g/mol. The Kier molecular flexibility index (Phi) is 6.52. The molecule has 1 N–H and O–H groups in total. The van der Waals surface area contributed by atoms with E-state index >= 15 is 0 Å². The van der Waals surface area contributed by atoms with E-state index in [1.54, 1.807) is 36.1 Å². The molecule has 0 radical (unpaired) electrons. The number of halogens is 1. The number of aliphatic carboxylic acids is 1. The number of hydrogen-bond donors (Lipinski definition) is 1. The van der Waals surface area contributed by atoms with Gasteiger partial charge in [-0.15, -0.1) is 0 Å². The lowest BCUT2D eigenvalue weighted by atomic mass is 10.1. The maximum atomic E-state index is 12.4. The van der Waals surface area contributed by atoms with Crippen LogP contribution in [0.15, 0.2) is 24.3 Å². The molecule has 0 aliphatic carbocycles. The first-order valence-corrected chi connectivity index (χ1v) is 7.11. The first kappa shape index (κ1) is 16.5. The van der Waals surface area contributed by atoms with Crippen LogP contribution in [-0.4, -0.2) is 35.0 Å². The lowest BCUT2D eigenvalue weighted by Crippen LogP contribution is -2.37. The van der Waals surface area contributed by atoms with E-state index in [2.05, 4.69) is 0 Å². The van der Waals surface area contributed by atoms with E-state index in [1.807, 2.05) is 6.92 Å². The molecule has 0 saturated heterocycles. The van der Waals surface area contributed by atoms with Gasteiger partial charge in [0, 0.05) is 23.7 Å². The molecule has 20 heavy (non-hydrogen) atoms. The number of amides is 1. The van der Waals surface area contributed by atoms with E-state index in [1.165, 1.54) is 0 Å². The summed E-state index contributed by atoms with van der Waals surface area (Å²) >= 11 is 5.89. The topological polar surface area (TPSA) is 57.6 Å². The molecule has 4 nitrogen and oxygen atoms in total. The highest BCUT2D eigenvalue weighted by Gasteiger charge is 2.21. The average molecular weight is 298 g/mol. The van der Waals surface area contributed by atoms with Crippen molar-refractivity contribution >= 4 is 23.5 Å². The molecule has 0 aliphatic heterocycles. The third-order valence-corrected chi connectivity index (χ3v) is 3.29. The smallest absolute Gasteiger partial charge is 0.308 e. The minimum atomic E-state index is -0.898. The standard InChI is InChI=1S/C15H20ClNO3/c1-3-4-8-17(10-11(2)15(19)20)14(18)12-6-5-7-13(16)9-12/h5-7,9,11H,3-4,8,10H2,1-2H3,(H,19,20). The molecule has 1 rings (SSSR count). The van der Waals surface area contributed by atoms with Crippen molar-refractivity contribution in [3.05, 3.63) is 34.9 Å². The van der Waals surface area contributed by atoms with Crippen LogP contribution in [0.1, 0.15) is 37.0 Å². The van der Waals surface area contributed by atoms with E-state index in [0.29, 0.717) is 17.1 Å². The van der Waals surface area contributed by atoms with Gasteiger partial charge in [0.25, 0.3) is 5.91 Å². The average Bonchev–Trinajstić information content (AvgIpc) is 2.42. The quantitative estimate of drug-likeness (QED) is 0.840. The van der Waals surface area contributed by atoms with Crippen molar-refractivity contribution in [1.82, 2.24) is 4.90 Å². The zero-order valence-corrected chi connectivity index (χ0v) is 12.6. The lowest BCUT2D eigenvalue weighted by Gasteiger charge is -2.24. The number of carboxylic acid groups (broad SMARTS) is 1. The largest absolute Gasteiger partial charge is 0.481 e. The molecule has 0 heterocycles. The predicted octanol–water partition coefficient (Wildman–Crippen LogP) is 3.30. The zero-order chi connectivity index (χ0) is 15.1. The Morgan fingerprint density at radius 3 is 2.65 bits per heavy atom. The Balaban J connectivity index is 2.86. The maximum Gasteiger partial charge on any atom is 0.308 e. The van der Waals surface area contributed by atoms with Gasteiger partial charge in [-0.05, 0) is 24.6 Å². The van der Waals surface area contributed by atoms with E-state index in [4.69, 9.17) is 16.7 Å². The SMILES string of the molecule is CCCCN(CC(C)C(=O)O)C(=O)c1cccc(Cl)c1. The molecule has 0 fully saturated rings. The molecule has 0 aromatic heterocycles. The van der Waals surface area contributed by atoms with Crippen LogP contribution in [0.3, 0.4) is 0 Å². The van der Waals surface area contributed by atoms with Crippen molar-refractivity contribution < 1.29 is 14.7 Å². The summed E-state index contributed by atoms with van der Waals surface area (Å²) in [5.74, 6) is -1.66. The van der Waals surface area contributed by atoms with Crippen molar-refractivity contribution in [2.24, 2.45) is 5.92 Å². The number of carboxylic acids is 1. The molecule has 1 atom stereocenters.